The van der Waals surface area contributed by atoms with Gasteiger partial charge in [-0.25, -0.2) is 4.79 Å². The number of aryl methyl sites for hydroxylation is 1. The van der Waals surface area contributed by atoms with Crippen LogP contribution in [0, 0.1) is 6.92 Å². The normalized spacial score (nSPS) is 18.9. The third-order valence-corrected chi connectivity index (χ3v) is 6.13. The largest absolute Gasteiger partial charge is 0.422 e. The molecular formula is C21H12BrN3O4. The quantitative estimate of drug-likeness (QED) is 0.390. The number of nitrogens with zero attached hydrogens (tertiary/aromatic N) is 1. The minimum absolute atomic E-state index is 0.226. The summed E-state index contributed by atoms with van der Waals surface area (Å²) in [6.07, 6.45) is 0. The molecule has 7 nitrogen and oxygen atoms in total. The molecule has 0 aliphatic carbocycles. The van der Waals surface area contributed by atoms with E-state index in [1.165, 1.54) is 0 Å². The van der Waals surface area contributed by atoms with Crippen molar-refractivity contribution in [3.05, 3.63) is 79.7 Å². The Morgan fingerprint density at radius 3 is 2.76 bits per heavy atom. The molecule has 0 saturated carbocycles. The standard InChI is InChI=1S/C21H12BrN3O4/c1-9-15-18(29-25-9)24-17-11-4-2-3-5-14(11)28-19(26)16(17)21(15)12-8-10(22)6-7-13(12)23-20(21)27/h2-8,24H,1H3,(H,23,27). The lowest BCUT2D eigenvalue weighted by Crippen LogP contribution is -2.44. The average molecular weight is 450 g/mol. The molecule has 0 fully saturated rings. The average Bonchev–Trinajstić information content (AvgIpc) is 3.21. The number of aromatic nitrogens is 1. The molecule has 1 atom stereocenters. The highest BCUT2D eigenvalue weighted by molar-refractivity contribution is 9.10. The van der Waals surface area contributed by atoms with Gasteiger partial charge >= 0.3 is 5.63 Å². The molecule has 2 N–H and O–H groups in total. The van der Waals surface area contributed by atoms with Gasteiger partial charge in [-0.15, -0.1) is 0 Å². The smallest absolute Gasteiger partial charge is 0.343 e. The lowest BCUT2D eigenvalue weighted by atomic mass is 9.68. The summed E-state index contributed by atoms with van der Waals surface area (Å²) in [4.78, 5) is 26.9. The van der Waals surface area contributed by atoms with E-state index in [2.05, 4.69) is 31.7 Å². The van der Waals surface area contributed by atoms with Gasteiger partial charge in [-0.1, -0.05) is 33.2 Å². The second-order valence-electron chi connectivity index (χ2n) is 7.13. The van der Waals surface area contributed by atoms with Gasteiger partial charge in [0.1, 0.15) is 11.0 Å². The molecule has 4 aromatic rings. The zero-order valence-electron chi connectivity index (χ0n) is 15.0. The molecule has 2 aromatic carbocycles. The Balaban J connectivity index is 1.86. The van der Waals surface area contributed by atoms with Gasteiger partial charge in [-0.05, 0) is 37.3 Å². The van der Waals surface area contributed by atoms with Gasteiger partial charge < -0.3 is 19.6 Å². The van der Waals surface area contributed by atoms with Crippen LogP contribution in [0.1, 0.15) is 22.4 Å². The number of hydrogen-bond acceptors (Lipinski definition) is 6. The number of anilines is 3. The van der Waals surface area contributed by atoms with E-state index in [4.69, 9.17) is 8.94 Å². The van der Waals surface area contributed by atoms with Crippen molar-refractivity contribution in [2.24, 2.45) is 0 Å². The van der Waals surface area contributed by atoms with Gasteiger partial charge in [0.2, 0.25) is 11.8 Å². The predicted molar refractivity (Wildman–Crippen MR) is 110 cm³/mol. The molecule has 1 unspecified atom stereocenters. The highest BCUT2D eigenvalue weighted by atomic mass is 79.9. The third-order valence-electron chi connectivity index (χ3n) is 5.64. The molecule has 2 aliphatic heterocycles. The fourth-order valence-electron chi connectivity index (χ4n) is 4.53. The van der Waals surface area contributed by atoms with Crippen LogP contribution in [0.25, 0.3) is 11.0 Å². The maximum absolute atomic E-state index is 13.6. The van der Waals surface area contributed by atoms with Crippen molar-refractivity contribution in [3.63, 3.8) is 0 Å². The molecule has 2 aromatic heterocycles. The number of nitrogens with one attached hydrogen (secondary N) is 2. The van der Waals surface area contributed by atoms with Crippen molar-refractivity contribution in [2.75, 3.05) is 10.6 Å². The summed E-state index contributed by atoms with van der Waals surface area (Å²) in [6.45, 7) is 1.75. The van der Waals surface area contributed by atoms with Crippen LogP contribution in [0.3, 0.4) is 0 Å². The maximum Gasteiger partial charge on any atom is 0.343 e. The van der Waals surface area contributed by atoms with E-state index < -0.39 is 11.0 Å². The first-order valence-electron chi connectivity index (χ1n) is 8.93. The second-order valence-corrected chi connectivity index (χ2v) is 8.04. The number of rotatable bonds is 0. The molecule has 29 heavy (non-hydrogen) atoms. The summed E-state index contributed by atoms with van der Waals surface area (Å²) in [5.74, 6) is -0.00258. The number of carbonyl (C=O) groups excluding carboxylic acids is 1. The van der Waals surface area contributed by atoms with Gasteiger partial charge in [0.25, 0.3) is 0 Å². The molecule has 8 heteroatoms. The predicted octanol–water partition coefficient (Wildman–Crippen LogP) is 4.20. The topological polar surface area (TPSA) is 97.4 Å². The number of amides is 1. The number of halogens is 1. The summed E-state index contributed by atoms with van der Waals surface area (Å²) in [5.41, 5.74) is 1.44. The van der Waals surface area contributed by atoms with Crippen LogP contribution in [0.15, 0.2) is 60.7 Å². The highest BCUT2D eigenvalue weighted by Crippen LogP contribution is 2.56. The number of hydrogen-bond donors (Lipinski definition) is 2. The van der Waals surface area contributed by atoms with Gasteiger partial charge in [0.05, 0.1) is 22.5 Å². The van der Waals surface area contributed by atoms with E-state index in [-0.39, 0.29) is 11.5 Å². The summed E-state index contributed by atoms with van der Waals surface area (Å²) in [5, 5.41) is 10.9. The Bertz CT molecular complexity index is 1440. The summed E-state index contributed by atoms with van der Waals surface area (Å²) in [6, 6.07) is 12.7. The SMILES string of the molecule is Cc1noc2c1C1(C(=O)Nc3ccc(Br)cc31)c1c(c3ccccc3oc1=O)N2. The van der Waals surface area contributed by atoms with Gasteiger partial charge in [-0.3, -0.25) is 4.79 Å². The van der Waals surface area contributed by atoms with E-state index in [1.807, 2.05) is 24.3 Å². The molecule has 0 bridgehead atoms. The van der Waals surface area contributed by atoms with Crippen LogP contribution in [-0.4, -0.2) is 11.1 Å². The molecule has 1 amide bonds. The number of para-hydroxylation sites is 1. The van der Waals surface area contributed by atoms with Gasteiger partial charge in [-0.2, -0.15) is 0 Å². The molecule has 0 saturated heterocycles. The van der Waals surface area contributed by atoms with Gasteiger partial charge in [0.15, 0.2) is 0 Å². The van der Waals surface area contributed by atoms with Crippen molar-refractivity contribution in [3.8, 4) is 0 Å². The van der Waals surface area contributed by atoms with E-state index in [9.17, 15) is 9.59 Å². The number of benzene rings is 2. The van der Waals surface area contributed by atoms with Crippen molar-refractivity contribution in [1.29, 1.82) is 0 Å². The Labute approximate surface area is 171 Å². The minimum atomic E-state index is -1.43. The third kappa shape index (κ3) is 1.89. The van der Waals surface area contributed by atoms with Crippen LogP contribution < -0.4 is 16.3 Å². The number of fused-ring (bicyclic) bond motifs is 8. The molecule has 6 rings (SSSR count). The molecule has 4 heterocycles. The number of carbonyl (C=O) groups is 1. The molecule has 2 aliphatic rings. The maximum atomic E-state index is 13.6. The van der Waals surface area contributed by atoms with Gasteiger partial charge in [0, 0.05) is 21.1 Å². The fourth-order valence-corrected chi connectivity index (χ4v) is 4.89. The summed E-state index contributed by atoms with van der Waals surface area (Å²) in [7, 11) is 0. The Hall–Kier alpha value is -3.39. The van der Waals surface area contributed by atoms with E-state index in [1.54, 1.807) is 25.1 Å². The summed E-state index contributed by atoms with van der Waals surface area (Å²) >= 11 is 3.49. The van der Waals surface area contributed by atoms with Crippen molar-refractivity contribution in [1.82, 2.24) is 5.16 Å². The van der Waals surface area contributed by atoms with Crippen LogP contribution in [0.5, 0.6) is 0 Å². The first-order valence-corrected chi connectivity index (χ1v) is 9.72. The first kappa shape index (κ1) is 16.6. The molecule has 0 radical (unpaired) electrons. The molecule has 1 spiro atoms. The van der Waals surface area contributed by atoms with Crippen molar-refractivity contribution >= 4 is 50.1 Å². The van der Waals surface area contributed by atoms with E-state index >= 15 is 0 Å². The van der Waals surface area contributed by atoms with Crippen LogP contribution >= 0.6 is 15.9 Å². The van der Waals surface area contributed by atoms with Crippen LogP contribution in [-0.2, 0) is 10.2 Å². The Morgan fingerprint density at radius 2 is 1.90 bits per heavy atom. The minimum Gasteiger partial charge on any atom is -0.422 e. The first-order chi connectivity index (χ1) is 14.0. The van der Waals surface area contributed by atoms with Crippen LogP contribution in [0.4, 0.5) is 17.3 Å². The lowest BCUT2D eigenvalue weighted by molar-refractivity contribution is -0.118. The zero-order valence-corrected chi connectivity index (χ0v) is 16.6. The van der Waals surface area contributed by atoms with Crippen molar-refractivity contribution < 1.29 is 13.7 Å². The lowest BCUT2D eigenvalue weighted by Gasteiger charge is -2.33. The summed E-state index contributed by atoms with van der Waals surface area (Å²) < 4.78 is 11.9. The molecular weight excluding hydrogens is 438 g/mol. The van der Waals surface area contributed by atoms with E-state index in [0.717, 1.165) is 4.47 Å². The Kier molecular flexibility index (Phi) is 3.06. The monoisotopic (exact) mass is 449 g/mol. The highest BCUT2D eigenvalue weighted by Gasteiger charge is 2.58. The van der Waals surface area contributed by atoms with E-state index in [0.29, 0.717) is 45.0 Å². The second kappa shape index (κ2) is 5.36. The van der Waals surface area contributed by atoms with Crippen molar-refractivity contribution in [2.45, 2.75) is 12.3 Å². The fraction of sp³-hybridized carbons (Fsp3) is 0.0952. The molecule has 142 valence electrons. The van der Waals surface area contributed by atoms with Crippen LogP contribution in [0.2, 0.25) is 0 Å². The Morgan fingerprint density at radius 1 is 1.07 bits per heavy atom. The zero-order chi connectivity index (χ0) is 19.9.